The van der Waals surface area contributed by atoms with Gasteiger partial charge in [-0.2, -0.15) is 0 Å². The highest BCUT2D eigenvalue weighted by Crippen LogP contribution is 2.54. The zero-order valence-electron chi connectivity index (χ0n) is 10.5. The van der Waals surface area contributed by atoms with Crippen molar-refractivity contribution >= 4 is 0 Å². The van der Waals surface area contributed by atoms with Gasteiger partial charge in [0.15, 0.2) is 0 Å². The van der Waals surface area contributed by atoms with Crippen LogP contribution in [0.4, 0.5) is 0 Å². The first kappa shape index (κ1) is 11.2. The van der Waals surface area contributed by atoms with Crippen molar-refractivity contribution in [1.29, 1.82) is 0 Å². The number of hydrogen-bond donors (Lipinski definition) is 1. The fraction of sp³-hybridized carbons (Fsp3) is 0.600. The van der Waals surface area contributed by atoms with Crippen molar-refractivity contribution in [3.8, 4) is 0 Å². The Morgan fingerprint density at radius 1 is 1.29 bits per heavy atom. The minimum atomic E-state index is 0.204. The molecule has 1 aromatic rings. The van der Waals surface area contributed by atoms with Crippen molar-refractivity contribution in [2.45, 2.75) is 19.9 Å². The van der Waals surface area contributed by atoms with E-state index in [2.05, 4.69) is 42.2 Å². The second kappa shape index (κ2) is 4.11. The summed E-state index contributed by atoms with van der Waals surface area (Å²) < 4.78 is 0. The first-order chi connectivity index (χ1) is 8.21. The van der Waals surface area contributed by atoms with Crippen molar-refractivity contribution in [3.05, 3.63) is 35.9 Å². The van der Waals surface area contributed by atoms with Crippen LogP contribution in [0.15, 0.2) is 30.3 Å². The van der Waals surface area contributed by atoms with E-state index in [0.717, 1.165) is 24.9 Å². The molecular weight excluding hydrogens is 210 g/mol. The lowest BCUT2D eigenvalue weighted by Crippen LogP contribution is -2.47. The number of aliphatic hydroxyl groups excluding tert-OH is 1. The molecule has 3 rings (SSSR count). The average Bonchev–Trinajstić information content (AvgIpc) is 2.68. The third kappa shape index (κ3) is 1.90. The number of fused-ring (bicyclic) bond motifs is 1. The first-order valence-electron chi connectivity index (χ1n) is 6.58. The molecule has 1 heterocycles. The fourth-order valence-electron chi connectivity index (χ4n) is 3.70. The molecule has 2 fully saturated rings. The van der Waals surface area contributed by atoms with Crippen molar-refractivity contribution < 1.29 is 5.11 Å². The summed E-state index contributed by atoms with van der Waals surface area (Å²) in [7, 11) is 0. The maximum Gasteiger partial charge on any atom is 0.0488 e. The summed E-state index contributed by atoms with van der Waals surface area (Å²) in [5.74, 6) is 1.55. The maximum absolute atomic E-state index is 9.45. The van der Waals surface area contributed by atoms with E-state index in [1.165, 1.54) is 18.5 Å². The van der Waals surface area contributed by atoms with Crippen LogP contribution in [0.5, 0.6) is 0 Å². The molecule has 0 bridgehead atoms. The van der Waals surface area contributed by atoms with Gasteiger partial charge in [0, 0.05) is 26.2 Å². The van der Waals surface area contributed by atoms with Crippen LogP contribution < -0.4 is 0 Å². The Bertz CT molecular complexity index is 391. The SMILES string of the molecule is CC1(CO)CC2CN(Cc3ccccc3)CC21. The molecule has 3 atom stereocenters. The average molecular weight is 231 g/mol. The molecule has 92 valence electrons. The molecule has 1 aromatic carbocycles. The predicted octanol–water partition coefficient (Wildman–Crippen LogP) is 2.14. The summed E-state index contributed by atoms with van der Waals surface area (Å²) in [4.78, 5) is 2.55. The third-order valence-corrected chi connectivity index (χ3v) is 4.75. The summed E-state index contributed by atoms with van der Waals surface area (Å²) in [5.41, 5.74) is 1.61. The predicted molar refractivity (Wildman–Crippen MR) is 68.5 cm³/mol. The molecule has 17 heavy (non-hydrogen) atoms. The smallest absolute Gasteiger partial charge is 0.0488 e. The van der Waals surface area contributed by atoms with E-state index >= 15 is 0 Å². The highest BCUT2D eigenvalue weighted by molar-refractivity contribution is 5.15. The molecule has 1 saturated carbocycles. The minimum Gasteiger partial charge on any atom is -0.396 e. The molecule has 0 aromatic heterocycles. The molecule has 2 nitrogen and oxygen atoms in total. The van der Waals surface area contributed by atoms with E-state index < -0.39 is 0 Å². The molecule has 0 amide bonds. The van der Waals surface area contributed by atoms with Gasteiger partial charge in [0.05, 0.1) is 0 Å². The Kier molecular flexibility index (Phi) is 2.72. The second-order valence-electron chi connectivity index (χ2n) is 6.06. The van der Waals surface area contributed by atoms with Gasteiger partial charge in [-0.15, -0.1) is 0 Å². The summed E-state index contributed by atoms with van der Waals surface area (Å²) in [6.45, 7) is 6.04. The van der Waals surface area contributed by atoms with E-state index in [-0.39, 0.29) is 5.41 Å². The van der Waals surface area contributed by atoms with Crippen LogP contribution in [-0.2, 0) is 6.54 Å². The summed E-state index contributed by atoms with van der Waals surface area (Å²) >= 11 is 0. The van der Waals surface area contributed by atoms with Crippen molar-refractivity contribution in [1.82, 2.24) is 4.90 Å². The van der Waals surface area contributed by atoms with Gasteiger partial charge in [0.2, 0.25) is 0 Å². The van der Waals surface area contributed by atoms with Crippen LogP contribution in [0.1, 0.15) is 18.9 Å². The molecule has 2 heteroatoms. The van der Waals surface area contributed by atoms with Gasteiger partial charge in [0.1, 0.15) is 0 Å². The molecule has 3 unspecified atom stereocenters. The molecule has 0 radical (unpaired) electrons. The molecule has 1 N–H and O–H groups in total. The number of benzene rings is 1. The Morgan fingerprint density at radius 3 is 2.76 bits per heavy atom. The number of aliphatic hydroxyl groups is 1. The van der Waals surface area contributed by atoms with Crippen LogP contribution in [0.25, 0.3) is 0 Å². The lowest BCUT2D eigenvalue weighted by atomic mass is 9.56. The normalized spacial score (nSPS) is 36.6. The van der Waals surface area contributed by atoms with Crippen molar-refractivity contribution in [2.24, 2.45) is 17.3 Å². The number of nitrogens with zero attached hydrogens (tertiary/aromatic N) is 1. The van der Waals surface area contributed by atoms with Gasteiger partial charge in [-0.05, 0) is 29.2 Å². The zero-order valence-corrected chi connectivity index (χ0v) is 10.5. The van der Waals surface area contributed by atoms with Crippen molar-refractivity contribution in [2.75, 3.05) is 19.7 Å². The van der Waals surface area contributed by atoms with Gasteiger partial charge in [0.25, 0.3) is 0 Å². The monoisotopic (exact) mass is 231 g/mol. The zero-order chi connectivity index (χ0) is 11.9. The second-order valence-corrected chi connectivity index (χ2v) is 6.06. The van der Waals surface area contributed by atoms with Gasteiger partial charge >= 0.3 is 0 Å². The van der Waals surface area contributed by atoms with Crippen LogP contribution in [0.2, 0.25) is 0 Å². The van der Waals surface area contributed by atoms with Crippen LogP contribution >= 0.6 is 0 Å². The topological polar surface area (TPSA) is 23.5 Å². The van der Waals surface area contributed by atoms with Crippen LogP contribution in [0.3, 0.4) is 0 Å². The van der Waals surface area contributed by atoms with Gasteiger partial charge < -0.3 is 5.11 Å². The Labute approximate surface area is 103 Å². The van der Waals surface area contributed by atoms with E-state index in [1.54, 1.807) is 0 Å². The number of rotatable bonds is 3. The fourth-order valence-corrected chi connectivity index (χ4v) is 3.70. The Balaban J connectivity index is 1.62. The molecule has 2 aliphatic rings. The highest BCUT2D eigenvalue weighted by Gasteiger charge is 2.54. The lowest BCUT2D eigenvalue weighted by Gasteiger charge is -2.48. The van der Waals surface area contributed by atoms with Gasteiger partial charge in [-0.1, -0.05) is 37.3 Å². The summed E-state index contributed by atoms with van der Waals surface area (Å²) in [6.07, 6.45) is 1.21. The summed E-state index contributed by atoms with van der Waals surface area (Å²) in [6, 6.07) is 10.7. The minimum absolute atomic E-state index is 0.204. The molecule has 0 spiro atoms. The highest BCUT2D eigenvalue weighted by atomic mass is 16.3. The molecule has 1 aliphatic carbocycles. The summed E-state index contributed by atoms with van der Waals surface area (Å²) in [5, 5.41) is 9.45. The van der Waals surface area contributed by atoms with Gasteiger partial charge in [-0.3, -0.25) is 4.90 Å². The third-order valence-electron chi connectivity index (χ3n) is 4.75. The molecular formula is C15H21NO. The van der Waals surface area contributed by atoms with E-state index in [9.17, 15) is 5.11 Å². The van der Waals surface area contributed by atoms with E-state index in [0.29, 0.717) is 6.61 Å². The number of likely N-dealkylation sites (tertiary alicyclic amines) is 1. The first-order valence-corrected chi connectivity index (χ1v) is 6.58. The quantitative estimate of drug-likeness (QED) is 0.861. The molecule has 1 aliphatic heterocycles. The van der Waals surface area contributed by atoms with E-state index in [1.807, 2.05) is 0 Å². The van der Waals surface area contributed by atoms with E-state index in [4.69, 9.17) is 0 Å². The maximum atomic E-state index is 9.45. The number of hydrogen-bond acceptors (Lipinski definition) is 2. The van der Waals surface area contributed by atoms with Crippen LogP contribution in [-0.4, -0.2) is 29.7 Å². The largest absolute Gasteiger partial charge is 0.396 e. The van der Waals surface area contributed by atoms with Crippen LogP contribution in [0, 0.1) is 17.3 Å². The lowest BCUT2D eigenvalue weighted by molar-refractivity contribution is -0.0389. The Morgan fingerprint density at radius 2 is 2.06 bits per heavy atom. The molecule has 1 saturated heterocycles. The van der Waals surface area contributed by atoms with Crippen molar-refractivity contribution in [3.63, 3.8) is 0 Å². The standard InChI is InChI=1S/C15H21NO/c1-15(11-17)7-13-9-16(10-14(13)15)8-12-5-3-2-4-6-12/h2-6,13-14,17H,7-11H2,1H3. The Hall–Kier alpha value is -0.860. The van der Waals surface area contributed by atoms with Gasteiger partial charge in [-0.25, -0.2) is 0 Å².